The van der Waals surface area contributed by atoms with Gasteiger partial charge in [0, 0.05) is 30.7 Å². The molecule has 0 atom stereocenters. The van der Waals surface area contributed by atoms with Crippen LogP contribution in [0.5, 0.6) is 0 Å². The summed E-state index contributed by atoms with van der Waals surface area (Å²) in [6, 6.07) is 8.27. The van der Waals surface area contributed by atoms with E-state index < -0.39 is 0 Å². The van der Waals surface area contributed by atoms with Gasteiger partial charge in [0.05, 0.1) is 12.1 Å². The lowest BCUT2D eigenvalue weighted by molar-refractivity contribution is -0.120. The number of nitrogens with zero attached hydrogens (tertiary/aromatic N) is 1. The number of amides is 1. The van der Waals surface area contributed by atoms with Crippen molar-refractivity contribution in [3.63, 3.8) is 0 Å². The van der Waals surface area contributed by atoms with Crippen molar-refractivity contribution < 1.29 is 9.53 Å². The van der Waals surface area contributed by atoms with E-state index in [1.165, 1.54) is 5.56 Å². The smallest absolute Gasteiger partial charge is 0.225 e. The molecule has 1 amide bonds. The first-order valence-corrected chi connectivity index (χ1v) is 8.21. The quantitative estimate of drug-likeness (QED) is 0.798. The molecule has 1 aromatic carbocycles. The molecule has 0 saturated heterocycles. The number of ether oxygens (including phenoxy) is 1. The Balaban J connectivity index is 1.99. The molecule has 4 nitrogen and oxygen atoms in total. The molecular formula is C17H22N2O2S. The van der Waals surface area contributed by atoms with Crippen molar-refractivity contribution in [1.29, 1.82) is 0 Å². The zero-order chi connectivity index (χ0) is 15.9. The van der Waals surface area contributed by atoms with Gasteiger partial charge in [-0.1, -0.05) is 23.8 Å². The van der Waals surface area contributed by atoms with Gasteiger partial charge in [-0.15, -0.1) is 11.3 Å². The summed E-state index contributed by atoms with van der Waals surface area (Å²) < 4.78 is 4.96. The first-order chi connectivity index (χ1) is 10.6. The summed E-state index contributed by atoms with van der Waals surface area (Å²) in [5.41, 5.74) is 3.26. The normalized spacial score (nSPS) is 10.7. The zero-order valence-electron chi connectivity index (χ0n) is 13.3. The van der Waals surface area contributed by atoms with Gasteiger partial charge in [0.15, 0.2) is 0 Å². The van der Waals surface area contributed by atoms with Gasteiger partial charge in [-0.05, 0) is 26.3 Å². The average molecular weight is 318 g/mol. The molecule has 118 valence electrons. The summed E-state index contributed by atoms with van der Waals surface area (Å²) in [6.45, 7) is 5.34. The van der Waals surface area contributed by atoms with E-state index in [2.05, 4.69) is 35.4 Å². The number of thiazole rings is 1. The zero-order valence-corrected chi connectivity index (χ0v) is 14.1. The molecule has 0 saturated carbocycles. The number of aryl methyl sites for hydroxylation is 2. The predicted molar refractivity (Wildman–Crippen MR) is 90.2 cm³/mol. The van der Waals surface area contributed by atoms with E-state index in [1.54, 1.807) is 18.4 Å². The molecular weight excluding hydrogens is 296 g/mol. The highest BCUT2D eigenvalue weighted by molar-refractivity contribution is 7.15. The highest BCUT2D eigenvalue weighted by atomic mass is 32.1. The summed E-state index contributed by atoms with van der Waals surface area (Å²) >= 11 is 1.60. The molecule has 0 radical (unpaired) electrons. The Morgan fingerprint density at radius 1 is 1.36 bits per heavy atom. The summed E-state index contributed by atoms with van der Waals surface area (Å²) in [5.74, 6) is 0.0404. The highest BCUT2D eigenvalue weighted by Gasteiger charge is 2.12. The van der Waals surface area contributed by atoms with E-state index in [0.717, 1.165) is 27.6 Å². The van der Waals surface area contributed by atoms with Crippen LogP contribution in [0.4, 0.5) is 0 Å². The minimum absolute atomic E-state index is 0.0404. The maximum Gasteiger partial charge on any atom is 0.225 e. The van der Waals surface area contributed by atoms with Crippen LogP contribution in [0.15, 0.2) is 24.3 Å². The largest absolute Gasteiger partial charge is 0.385 e. The lowest BCUT2D eigenvalue weighted by Gasteiger charge is -2.03. The second-order valence-corrected chi connectivity index (χ2v) is 6.35. The van der Waals surface area contributed by atoms with Crippen LogP contribution in [0.25, 0.3) is 10.6 Å². The standard InChI is InChI=1S/C17H22N2O2S/c1-12-6-4-7-14(10-12)17-19-13(2)15(22-17)11-16(20)18-8-5-9-21-3/h4,6-7,10H,5,8-9,11H2,1-3H3,(H,18,20). The Morgan fingerprint density at radius 2 is 2.18 bits per heavy atom. The summed E-state index contributed by atoms with van der Waals surface area (Å²) in [4.78, 5) is 17.6. The molecule has 2 aromatic rings. The van der Waals surface area contributed by atoms with E-state index in [1.807, 2.05) is 13.0 Å². The minimum Gasteiger partial charge on any atom is -0.385 e. The number of rotatable bonds is 7. The van der Waals surface area contributed by atoms with Crippen LogP contribution >= 0.6 is 11.3 Å². The second kappa shape index (κ2) is 8.06. The SMILES string of the molecule is COCCCNC(=O)Cc1sc(-c2cccc(C)c2)nc1C. The molecule has 2 rings (SSSR count). The van der Waals surface area contributed by atoms with Gasteiger partial charge in [-0.25, -0.2) is 4.98 Å². The number of hydrogen-bond acceptors (Lipinski definition) is 4. The van der Waals surface area contributed by atoms with Crippen LogP contribution in [-0.2, 0) is 16.0 Å². The third kappa shape index (κ3) is 4.64. The van der Waals surface area contributed by atoms with E-state index in [-0.39, 0.29) is 5.91 Å². The topological polar surface area (TPSA) is 51.2 Å². The molecule has 1 aromatic heterocycles. The van der Waals surface area contributed by atoms with Crippen LogP contribution in [0.1, 0.15) is 22.6 Å². The Morgan fingerprint density at radius 3 is 2.91 bits per heavy atom. The molecule has 22 heavy (non-hydrogen) atoms. The fourth-order valence-corrected chi connectivity index (χ4v) is 3.20. The summed E-state index contributed by atoms with van der Waals surface area (Å²) in [5, 5.41) is 3.89. The maximum atomic E-state index is 12.0. The van der Waals surface area contributed by atoms with Crippen molar-refractivity contribution in [2.45, 2.75) is 26.7 Å². The number of hydrogen-bond donors (Lipinski definition) is 1. The molecule has 0 aliphatic rings. The molecule has 1 heterocycles. The first kappa shape index (κ1) is 16.6. The molecule has 1 N–H and O–H groups in total. The van der Waals surface area contributed by atoms with Gasteiger partial charge in [-0.3, -0.25) is 4.79 Å². The number of carbonyl (C=O) groups excluding carboxylic acids is 1. The second-order valence-electron chi connectivity index (χ2n) is 5.27. The van der Waals surface area contributed by atoms with Crippen LogP contribution in [0, 0.1) is 13.8 Å². The van der Waals surface area contributed by atoms with Crippen molar-refractivity contribution >= 4 is 17.2 Å². The Kier molecular flexibility index (Phi) is 6.10. The van der Waals surface area contributed by atoms with Gasteiger partial charge < -0.3 is 10.1 Å². The van der Waals surface area contributed by atoms with E-state index >= 15 is 0 Å². The number of carbonyl (C=O) groups is 1. The third-order valence-electron chi connectivity index (χ3n) is 3.33. The van der Waals surface area contributed by atoms with Crippen molar-refractivity contribution in [3.8, 4) is 10.6 Å². The van der Waals surface area contributed by atoms with Crippen LogP contribution in [-0.4, -0.2) is 31.2 Å². The van der Waals surface area contributed by atoms with E-state index in [0.29, 0.717) is 19.6 Å². The van der Waals surface area contributed by atoms with E-state index in [4.69, 9.17) is 4.74 Å². The highest BCUT2D eigenvalue weighted by Crippen LogP contribution is 2.28. The lowest BCUT2D eigenvalue weighted by atomic mass is 10.1. The van der Waals surface area contributed by atoms with Crippen molar-refractivity contribution in [3.05, 3.63) is 40.4 Å². The van der Waals surface area contributed by atoms with E-state index in [9.17, 15) is 4.79 Å². The number of methoxy groups -OCH3 is 1. The monoisotopic (exact) mass is 318 g/mol. The average Bonchev–Trinajstić information content (AvgIpc) is 2.85. The van der Waals surface area contributed by atoms with Gasteiger partial charge >= 0.3 is 0 Å². The van der Waals surface area contributed by atoms with Gasteiger partial charge in [0.1, 0.15) is 5.01 Å². The number of aromatic nitrogens is 1. The van der Waals surface area contributed by atoms with Gasteiger partial charge in [0.2, 0.25) is 5.91 Å². The number of benzene rings is 1. The Bertz CT molecular complexity index is 637. The first-order valence-electron chi connectivity index (χ1n) is 7.39. The summed E-state index contributed by atoms with van der Waals surface area (Å²) in [7, 11) is 1.66. The van der Waals surface area contributed by atoms with Crippen molar-refractivity contribution in [1.82, 2.24) is 10.3 Å². The molecule has 0 spiro atoms. The van der Waals surface area contributed by atoms with Crippen LogP contribution < -0.4 is 5.32 Å². The van der Waals surface area contributed by atoms with Crippen molar-refractivity contribution in [2.75, 3.05) is 20.3 Å². The fourth-order valence-electron chi connectivity index (χ4n) is 2.15. The molecule has 0 aliphatic heterocycles. The summed E-state index contributed by atoms with van der Waals surface area (Å²) in [6.07, 6.45) is 1.22. The van der Waals surface area contributed by atoms with Crippen LogP contribution in [0.2, 0.25) is 0 Å². The fraction of sp³-hybridized carbons (Fsp3) is 0.412. The molecule has 0 fully saturated rings. The maximum absolute atomic E-state index is 12.0. The van der Waals surface area contributed by atoms with Crippen molar-refractivity contribution in [2.24, 2.45) is 0 Å². The van der Waals surface area contributed by atoms with Crippen LogP contribution in [0.3, 0.4) is 0 Å². The lowest BCUT2D eigenvalue weighted by Crippen LogP contribution is -2.26. The minimum atomic E-state index is 0.0404. The third-order valence-corrected chi connectivity index (χ3v) is 4.53. The molecule has 0 aliphatic carbocycles. The Labute approximate surface area is 135 Å². The Hall–Kier alpha value is -1.72. The molecule has 0 bridgehead atoms. The van der Waals surface area contributed by atoms with Gasteiger partial charge in [-0.2, -0.15) is 0 Å². The molecule has 5 heteroatoms. The number of nitrogens with one attached hydrogen (secondary N) is 1. The van der Waals surface area contributed by atoms with Gasteiger partial charge in [0.25, 0.3) is 0 Å². The molecule has 0 unspecified atom stereocenters. The predicted octanol–water partition coefficient (Wildman–Crippen LogP) is 3.12.